The van der Waals surface area contributed by atoms with E-state index in [4.69, 9.17) is 0 Å². The zero-order valence-electron chi connectivity index (χ0n) is 11.0. The zero-order chi connectivity index (χ0) is 14.1. The molecular weight excluding hydrogens is 316 g/mol. The van der Waals surface area contributed by atoms with Crippen LogP contribution in [0.1, 0.15) is 16.2 Å². The third kappa shape index (κ3) is 2.16. The van der Waals surface area contributed by atoms with Crippen LogP contribution in [-0.2, 0) is 0 Å². The molecule has 4 heteroatoms. The molecule has 1 aromatic heterocycles. The van der Waals surface area contributed by atoms with E-state index in [2.05, 4.69) is 25.5 Å². The minimum atomic E-state index is 0.0868. The van der Waals surface area contributed by atoms with Gasteiger partial charge in [0.25, 0.3) is 0 Å². The van der Waals surface area contributed by atoms with Crippen molar-refractivity contribution in [2.24, 2.45) is 0 Å². The molecule has 3 nitrogen and oxygen atoms in total. The monoisotopic (exact) mass is 328 g/mol. The Morgan fingerprint density at radius 3 is 2.55 bits per heavy atom. The number of ketones is 1. The van der Waals surface area contributed by atoms with Crippen LogP contribution in [0, 0.1) is 6.92 Å². The molecule has 0 amide bonds. The zero-order valence-corrected chi connectivity index (χ0v) is 12.6. The number of hydrogen-bond donors (Lipinski definition) is 0. The molecule has 0 unspecified atom stereocenters. The number of fused-ring (bicyclic) bond motifs is 1. The van der Waals surface area contributed by atoms with E-state index in [1.807, 2.05) is 55.5 Å². The first-order valence-corrected chi connectivity index (χ1v) is 7.46. The lowest BCUT2D eigenvalue weighted by Gasteiger charge is -2.07. The summed E-state index contributed by atoms with van der Waals surface area (Å²) in [4.78, 5) is 16.2. The standard InChI is InChI=1S/C16H13BrN2O/c1-11-18-14-4-2-3-5-15(14)19(11)13-8-6-12(7-9-13)16(20)10-17/h2-9H,10H2,1H3. The average Bonchev–Trinajstić information content (AvgIpc) is 2.82. The number of hydrogen-bond acceptors (Lipinski definition) is 2. The Kier molecular flexibility index (Phi) is 3.40. The fourth-order valence-electron chi connectivity index (χ4n) is 2.35. The van der Waals surface area contributed by atoms with E-state index >= 15 is 0 Å². The summed E-state index contributed by atoms with van der Waals surface area (Å²) < 4.78 is 2.09. The van der Waals surface area contributed by atoms with Crippen LogP contribution in [0.25, 0.3) is 16.7 Å². The van der Waals surface area contributed by atoms with Crippen molar-refractivity contribution in [2.45, 2.75) is 6.92 Å². The third-order valence-electron chi connectivity index (χ3n) is 3.30. The maximum absolute atomic E-state index is 11.6. The normalized spacial score (nSPS) is 10.9. The van der Waals surface area contributed by atoms with Crippen LogP contribution in [0.2, 0.25) is 0 Å². The van der Waals surface area contributed by atoms with E-state index < -0.39 is 0 Å². The molecule has 0 saturated heterocycles. The van der Waals surface area contributed by atoms with Crippen LogP contribution in [0.3, 0.4) is 0 Å². The summed E-state index contributed by atoms with van der Waals surface area (Å²) >= 11 is 3.19. The molecule has 0 bridgehead atoms. The summed E-state index contributed by atoms with van der Waals surface area (Å²) in [6.45, 7) is 1.98. The number of nitrogens with zero attached hydrogens (tertiary/aromatic N) is 2. The topological polar surface area (TPSA) is 34.9 Å². The molecule has 0 aliphatic heterocycles. The summed E-state index contributed by atoms with van der Waals surface area (Å²) in [5, 5.41) is 0.347. The van der Waals surface area contributed by atoms with Crippen molar-refractivity contribution in [3.63, 3.8) is 0 Å². The lowest BCUT2D eigenvalue weighted by Crippen LogP contribution is -2.01. The highest BCUT2D eigenvalue weighted by molar-refractivity contribution is 9.09. The van der Waals surface area contributed by atoms with Crippen molar-refractivity contribution < 1.29 is 4.79 Å². The van der Waals surface area contributed by atoms with E-state index in [-0.39, 0.29) is 5.78 Å². The minimum Gasteiger partial charge on any atom is -0.297 e. The van der Waals surface area contributed by atoms with Crippen LogP contribution in [0.4, 0.5) is 0 Å². The number of alkyl halides is 1. The first kappa shape index (κ1) is 13.1. The summed E-state index contributed by atoms with van der Waals surface area (Å²) in [7, 11) is 0. The number of aromatic nitrogens is 2. The van der Waals surface area contributed by atoms with Gasteiger partial charge in [-0.1, -0.05) is 28.1 Å². The SMILES string of the molecule is Cc1nc2ccccc2n1-c1ccc(C(=O)CBr)cc1. The lowest BCUT2D eigenvalue weighted by molar-refractivity contribution is 0.102. The number of halogens is 1. The van der Waals surface area contributed by atoms with Crippen LogP contribution in [0.15, 0.2) is 48.5 Å². The fourth-order valence-corrected chi connectivity index (χ4v) is 2.67. The van der Waals surface area contributed by atoms with Crippen molar-refractivity contribution in [2.75, 3.05) is 5.33 Å². The van der Waals surface area contributed by atoms with Gasteiger partial charge in [0, 0.05) is 11.3 Å². The van der Waals surface area contributed by atoms with E-state index in [1.165, 1.54) is 0 Å². The van der Waals surface area contributed by atoms with Crippen molar-refractivity contribution in [1.82, 2.24) is 9.55 Å². The van der Waals surface area contributed by atoms with Crippen LogP contribution in [0.5, 0.6) is 0 Å². The number of carbonyl (C=O) groups is 1. The number of imidazole rings is 1. The van der Waals surface area contributed by atoms with E-state index in [0.29, 0.717) is 10.9 Å². The van der Waals surface area contributed by atoms with Crippen molar-refractivity contribution in [3.05, 3.63) is 59.9 Å². The fraction of sp³-hybridized carbons (Fsp3) is 0.125. The van der Waals surface area contributed by atoms with Gasteiger partial charge >= 0.3 is 0 Å². The second-order valence-corrected chi connectivity index (χ2v) is 5.15. The van der Waals surface area contributed by atoms with E-state index in [1.54, 1.807) is 0 Å². The highest BCUT2D eigenvalue weighted by Crippen LogP contribution is 2.21. The maximum atomic E-state index is 11.6. The van der Waals surface area contributed by atoms with Crippen molar-refractivity contribution >= 4 is 32.7 Å². The first-order chi connectivity index (χ1) is 9.70. The molecule has 3 aromatic rings. The van der Waals surface area contributed by atoms with Gasteiger partial charge in [-0.15, -0.1) is 0 Å². The molecule has 0 radical (unpaired) electrons. The molecule has 20 heavy (non-hydrogen) atoms. The molecule has 2 aromatic carbocycles. The highest BCUT2D eigenvalue weighted by Gasteiger charge is 2.09. The molecular formula is C16H13BrN2O. The lowest BCUT2D eigenvalue weighted by atomic mass is 10.1. The van der Waals surface area contributed by atoms with Crippen LogP contribution < -0.4 is 0 Å². The van der Waals surface area contributed by atoms with Gasteiger partial charge in [-0.25, -0.2) is 4.98 Å². The van der Waals surface area contributed by atoms with Crippen molar-refractivity contribution in [1.29, 1.82) is 0 Å². The second-order valence-electron chi connectivity index (χ2n) is 4.59. The predicted molar refractivity (Wildman–Crippen MR) is 83.9 cm³/mol. The van der Waals surface area contributed by atoms with Crippen molar-refractivity contribution in [3.8, 4) is 5.69 Å². The number of carbonyl (C=O) groups excluding carboxylic acids is 1. The largest absolute Gasteiger partial charge is 0.297 e. The van der Waals surface area contributed by atoms with E-state index in [9.17, 15) is 4.79 Å². The molecule has 0 aliphatic carbocycles. The molecule has 0 aliphatic rings. The Bertz CT molecular complexity index is 775. The predicted octanol–water partition coefficient (Wildman–Crippen LogP) is 3.91. The number of aryl methyl sites for hydroxylation is 1. The maximum Gasteiger partial charge on any atom is 0.173 e. The molecule has 1 heterocycles. The molecule has 0 fully saturated rings. The van der Waals surface area contributed by atoms with Crippen LogP contribution >= 0.6 is 15.9 Å². The quantitative estimate of drug-likeness (QED) is 0.539. The van der Waals surface area contributed by atoms with E-state index in [0.717, 1.165) is 22.5 Å². The Morgan fingerprint density at radius 2 is 1.85 bits per heavy atom. The molecule has 100 valence electrons. The van der Waals surface area contributed by atoms with Gasteiger partial charge < -0.3 is 0 Å². The summed E-state index contributed by atoms with van der Waals surface area (Å²) in [5.74, 6) is 1.02. The summed E-state index contributed by atoms with van der Waals surface area (Å²) in [5.41, 5.74) is 3.78. The molecule has 0 atom stereocenters. The number of Topliss-reactive ketones (excluding diaryl/α,β-unsaturated/α-hetero) is 1. The summed E-state index contributed by atoms with van der Waals surface area (Å²) in [6.07, 6.45) is 0. The van der Waals surface area contributed by atoms with Crippen LogP contribution in [-0.4, -0.2) is 20.7 Å². The molecule has 0 saturated carbocycles. The van der Waals surface area contributed by atoms with Gasteiger partial charge in [0.05, 0.1) is 16.4 Å². The molecule has 3 rings (SSSR count). The van der Waals surface area contributed by atoms with Gasteiger partial charge in [-0.3, -0.25) is 9.36 Å². The smallest absolute Gasteiger partial charge is 0.173 e. The highest BCUT2D eigenvalue weighted by atomic mass is 79.9. The number of para-hydroxylation sites is 2. The average molecular weight is 329 g/mol. The number of rotatable bonds is 3. The molecule has 0 spiro atoms. The second kappa shape index (κ2) is 5.21. The summed E-state index contributed by atoms with van der Waals surface area (Å²) in [6, 6.07) is 15.7. The van der Waals surface area contributed by atoms with Gasteiger partial charge in [-0.2, -0.15) is 0 Å². The first-order valence-electron chi connectivity index (χ1n) is 6.34. The Labute approximate surface area is 125 Å². The number of benzene rings is 2. The minimum absolute atomic E-state index is 0.0868. The Hall–Kier alpha value is -1.94. The van der Waals surface area contributed by atoms with Gasteiger partial charge in [-0.05, 0) is 43.3 Å². The van der Waals surface area contributed by atoms with Gasteiger partial charge in [0.1, 0.15) is 5.82 Å². The Morgan fingerprint density at radius 1 is 1.15 bits per heavy atom. The van der Waals surface area contributed by atoms with Gasteiger partial charge in [0.15, 0.2) is 5.78 Å². The van der Waals surface area contributed by atoms with Gasteiger partial charge in [0.2, 0.25) is 0 Å². The molecule has 0 N–H and O–H groups in total. The third-order valence-corrected chi connectivity index (χ3v) is 3.81. The Balaban J connectivity index is 2.11.